The van der Waals surface area contributed by atoms with Crippen LogP contribution in [0.25, 0.3) is 5.82 Å². The van der Waals surface area contributed by atoms with Crippen LogP contribution >= 0.6 is 0 Å². The summed E-state index contributed by atoms with van der Waals surface area (Å²) in [5.41, 5.74) is 2.19. The summed E-state index contributed by atoms with van der Waals surface area (Å²) in [5.74, 6) is 0.372. The van der Waals surface area contributed by atoms with Crippen LogP contribution in [-0.4, -0.2) is 27.8 Å². The zero-order valence-corrected chi connectivity index (χ0v) is 12.6. The van der Waals surface area contributed by atoms with E-state index in [1.54, 1.807) is 60.7 Å². The molecule has 116 valence electrons. The van der Waals surface area contributed by atoms with Crippen molar-refractivity contribution in [2.75, 3.05) is 12.4 Å². The van der Waals surface area contributed by atoms with Crippen molar-refractivity contribution in [1.82, 2.24) is 14.8 Å². The molecule has 0 radical (unpaired) electrons. The maximum atomic E-state index is 12.4. The van der Waals surface area contributed by atoms with Crippen molar-refractivity contribution in [1.29, 1.82) is 0 Å². The van der Waals surface area contributed by atoms with E-state index in [4.69, 9.17) is 4.74 Å². The van der Waals surface area contributed by atoms with E-state index in [-0.39, 0.29) is 5.91 Å². The van der Waals surface area contributed by atoms with Crippen molar-refractivity contribution in [3.8, 4) is 5.82 Å². The number of anilines is 1. The number of carbonyl (C=O) groups excluding carboxylic acids is 1. The largest absolute Gasteiger partial charge is 0.380 e. The molecule has 0 aliphatic carbocycles. The van der Waals surface area contributed by atoms with E-state index in [0.717, 1.165) is 5.56 Å². The van der Waals surface area contributed by atoms with Crippen molar-refractivity contribution < 1.29 is 9.53 Å². The van der Waals surface area contributed by atoms with Gasteiger partial charge < -0.3 is 10.1 Å². The van der Waals surface area contributed by atoms with Gasteiger partial charge in [-0.3, -0.25) is 4.79 Å². The zero-order chi connectivity index (χ0) is 16.1. The Labute approximate surface area is 133 Å². The van der Waals surface area contributed by atoms with Gasteiger partial charge in [0.25, 0.3) is 5.91 Å². The molecule has 0 fully saturated rings. The molecular weight excluding hydrogens is 292 g/mol. The van der Waals surface area contributed by atoms with Crippen LogP contribution in [0, 0.1) is 0 Å². The molecule has 1 aromatic carbocycles. The van der Waals surface area contributed by atoms with Gasteiger partial charge in [-0.2, -0.15) is 5.10 Å². The minimum atomic E-state index is -0.199. The van der Waals surface area contributed by atoms with Crippen LogP contribution in [0.4, 0.5) is 5.69 Å². The van der Waals surface area contributed by atoms with E-state index in [2.05, 4.69) is 15.4 Å². The average molecular weight is 308 g/mol. The van der Waals surface area contributed by atoms with E-state index >= 15 is 0 Å². The molecule has 2 aromatic heterocycles. The molecule has 0 spiro atoms. The maximum absolute atomic E-state index is 12.4. The lowest BCUT2D eigenvalue weighted by Crippen LogP contribution is -2.14. The van der Waals surface area contributed by atoms with Crippen LogP contribution < -0.4 is 5.32 Å². The summed E-state index contributed by atoms with van der Waals surface area (Å²) in [5, 5.41) is 7.02. The van der Waals surface area contributed by atoms with Gasteiger partial charge in [-0.1, -0.05) is 12.1 Å². The molecule has 3 rings (SSSR count). The quantitative estimate of drug-likeness (QED) is 0.787. The standard InChI is InChI=1S/C17H16N4O2/c1-23-12-13-5-7-14(8-6-13)17(22)20-15-4-2-9-18-16(15)21-11-3-10-19-21/h2-11H,12H2,1H3,(H,20,22). The number of carbonyl (C=O) groups is 1. The summed E-state index contributed by atoms with van der Waals surface area (Å²) in [7, 11) is 1.64. The smallest absolute Gasteiger partial charge is 0.255 e. The first-order chi connectivity index (χ1) is 11.3. The van der Waals surface area contributed by atoms with Crippen molar-refractivity contribution in [3.05, 3.63) is 72.2 Å². The van der Waals surface area contributed by atoms with E-state index in [0.29, 0.717) is 23.7 Å². The summed E-state index contributed by atoms with van der Waals surface area (Å²) >= 11 is 0. The molecule has 2 heterocycles. The molecule has 3 aromatic rings. The second-order valence-corrected chi connectivity index (χ2v) is 4.91. The average Bonchev–Trinajstić information content (AvgIpc) is 3.10. The third kappa shape index (κ3) is 3.44. The molecule has 1 N–H and O–H groups in total. The summed E-state index contributed by atoms with van der Waals surface area (Å²) in [6, 6.07) is 12.6. The van der Waals surface area contributed by atoms with Crippen molar-refractivity contribution in [2.24, 2.45) is 0 Å². The highest BCUT2D eigenvalue weighted by molar-refractivity contribution is 6.05. The van der Waals surface area contributed by atoms with E-state index in [1.807, 2.05) is 12.1 Å². The van der Waals surface area contributed by atoms with E-state index < -0.39 is 0 Å². The first-order valence-electron chi connectivity index (χ1n) is 7.12. The Kier molecular flexibility index (Phi) is 4.44. The predicted molar refractivity (Wildman–Crippen MR) is 86.5 cm³/mol. The number of nitrogens with zero attached hydrogens (tertiary/aromatic N) is 3. The van der Waals surface area contributed by atoms with Gasteiger partial charge in [0, 0.05) is 31.3 Å². The fourth-order valence-electron chi connectivity index (χ4n) is 2.18. The van der Waals surface area contributed by atoms with Crippen LogP contribution in [-0.2, 0) is 11.3 Å². The molecule has 0 aliphatic rings. The van der Waals surface area contributed by atoms with E-state index in [1.165, 1.54) is 0 Å². The lowest BCUT2D eigenvalue weighted by molar-refractivity contribution is 0.102. The minimum Gasteiger partial charge on any atom is -0.380 e. The summed E-state index contributed by atoms with van der Waals surface area (Å²) in [6.07, 6.45) is 5.10. The fraction of sp³-hybridized carbons (Fsp3) is 0.118. The molecule has 0 saturated heterocycles. The molecule has 1 amide bonds. The van der Waals surface area contributed by atoms with Crippen LogP contribution in [0.5, 0.6) is 0 Å². The Hall–Kier alpha value is -2.99. The predicted octanol–water partition coefficient (Wildman–Crippen LogP) is 2.67. The topological polar surface area (TPSA) is 69.0 Å². The third-order valence-corrected chi connectivity index (χ3v) is 3.28. The number of hydrogen-bond acceptors (Lipinski definition) is 4. The number of benzene rings is 1. The molecule has 0 bridgehead atoms. The highest BCUT2D eigenvalue weighted by Crippen LogP contribution is 2.17. The molecule has 6 heteroatoms. The van der Waals surface area contributed by atoms with Gasteiger partial charge in [0.2, 0.25) is 0 Å². The van der Waals surface area contributed by atoms with Gasteiger partial charge >= 0.3 is 0 Å². The van der Waals surface area contributed by atoms with Crippen molar-refractivity contribution in [2.45, 2.75) is 6.61 Å². The molecular formula is C17H16N4O2. The van der Waals surface area contributed by atoms with E-state index in [9.17, 15) is 4.79 Å². The minimum absolute atomic E-state index is 0.199. The normalized spacial score (nSPS) is 10.5. The van der Waals surface area contributed by atoms with Gasteiger partial charge in [-0.05, 0) is 35.9 Å². The number of methoxy groups -OCH3 is 1. The highest BCUT2D eigenvalue weighted by Gasteiger charge is 2.11. The van der Waals surface area contributed by atoms with Gasteiger partial charge in [0.05, 0.1) is 12.3 Å². The van der Waals surface area contributed by atoms with Gasteiger partial charge in [-0.15, -0.1) is 0 Å². The third-order valence-electron chi connectivity index (χ3n) is 3.28. The number of amides is 1. The fourth-order valence-corrected chi connectivity index (χ4v) is 2.18. The summed E-state index contributed by atoms with van der Waals surface area (Å²) in [6.45, 7) is 0.522. The Morgan fingerprint density at radius 3 is 2.70 bits per heavy atom. The SMILES string of the molecule is COCc1ccc(C(=O)Nc2cccnc2-n2cccn2)cc1. The monoisotopic (exact) mass is 308 g/mol. The van der Waals surface area contributed by atoms with Crippen LogP contribution in [0.2, 0.25) is 0 Å². The second kappa shape index (κ2) is 6.85. The molecule has 6 nitrogen and oxygen atoms in total. The number of aromatic nitrogens is 3. The second-order valence-electron chi connectivity index (χ2n) is 4.91. The zero-order valence-electron chi connectivity index (χ0n) is 12.6. The first kappa shape index (κ1) is 14.9. The Morgan fingerprint density at radius 2 is 2.00 bits per heavy atom. The molecule has 0 saturated carbocycles. The van der Waals surface area contributed by atoms with Crippen molar-refractivity contribution in [3.63, 3.8) is 0 Å². The van der Waals surface area contributed by atoms with Crippen LogP contribution in [0.1, 0.15) is 15.9 Å². The van der Waals surface area contributed by atoms with Crippen molar-refractivity contribution >= 4 is 11.6 Å². The van der Waals surface area contributed by atoms with Gasteiger partial charge in [-0.25, -0.2) is 9.67 Å². The summed E-state index contributed by atoms with van der Waals surface area (Å²) in [4.78, 5) is 16.7. The molecule has 0 atom stereocenters. The van der Waals surface area contributed by atoms with Gasteiger partial charge in [0.15, 0.2) is 5.82 Å². The Morgan fingerprint density at radius 1 is 1.17 bits per heavy atom. The highest BCUT2D eigenvalue weighted by atomic mass is 16.5. The molecule has 0 aliphatic heterocycles. The maximum Gasteiger partial charge on any atom is 0.255 e. The number of nitrogens with one attached hydrogen (secondary N) is 1. The molecule has 0 unspecified atom stereocenters. The summed E-state index contributed by atoms with van der Waals surface area (Å²) < 4.78 is 6.67. The molecule has 23 heavy (non-hydrogen) atoms. The number of pyridine rings is 1. The van der Waals surface area contributed by atoms with Crippen LogP contribution in [0.3, 0.4) is 0 Å². The van der Waals surface area contributed by atoms with Crippen LogP contribution in [0.15, 0.2) is 61.1 Å². The first-order valence-corrected chi connectivity index (χ1v) is 7.12. The lowest BCUT2D eigenvalue weighted by Gasteiger charge is -2.10. The number of rotatable bonds is 5. The number of ether oxygens (including phenoxy) is 1. The Bertz CT molecular complexity index is 783. The Balaban J connectivity index is 1.81. The number of hydrogen-bond donors (Lipinski definition) is 1. The van der Waals surface area contributed by atoms with Gasteiger partial charge in [0.1, 0.15) is 0 Å². The lowest BCUT2D eigenvalue weighted by atomic mass is 10.1.